The third-order valence-electron chi connectivity index (χ3n) is 8.36. The van der Waals surface area contributed by atoms with Crippen molar-refractivity contribution in [2.75, 3.05) is 0 Å². The Morgan fingerprint density at radius 3 is 1.24 bits per heavy atom. The minimum absolute atomic E-state index is 0.640. The lowest BCUT2D eigenvalue weighted by Crippen LogP contribution is -2.00. The summed E-state index contributed by atoms with van der Waals surface area (Å²) in [5, 5.41) is 2.43. The Kier molecular flexibility index (Phi) is 7.18. The van der Waals surface area contributed by atoms with Crippen LogP contribution in [0.25, 0.3) is 78.3 Å². The van der Waals surface area contributed by atoms with Gasteiger partial charge in [-0.25, -0.2) is 15.0 Å². The molecule has 0 saturated heterocycles. The van der Waals surface area contributed by atoms with Gasteiger partial charge in [0.1, 0.15) is 0 Å². The monoisotopic (exact) mass is 587 g/mol. The fourth-order valence-corrected chi connectivity index (χ4v) is 5.95. The maximum atomic E-state index is 5.04. The highest BCUT2D eigenvalue weighted by atomic mass is 15.0. The molecule has 0 amide bonds. The van der Waals surface area contributed by atoms with E-state index in [4.69, 9.17) is 15.0 Å². The highest BCUT2D eigenvalue weighted by molar-refractivity contribution is 5.97. The number of rotatable bonds is 6. The van der Waals surface area contributed by atoms with Crippen LogP contribution in [0.3, 0.4) is 0 Å². The molecular formula is C43H29N3. The number of fused-ring (bicyclic) bond motifs is 1. The molecule has 0 N–H and O–H groups in total. The molecule has 0 unspecified atom stereocenters. The summed E-state index contributed by atoms with van der Waals surface area (Å²) >= 11 is 0. The zero-order valence-electron chi connectivity index (χ0n) is 25.1. The third-order valence-corrected chi connectivity index (χ3v) is 8.36. The molecule has 1 heterocycles. The second-order valence-electron chi connectivity index (χ2n) is 11.3. The van der Waals surface area contributed by atoms with Gasteiger partial charge in [-0.3, -0.25) is 0 Å². The molecule has 46 heavy (non-hydrogen) atoms. The minimum Gasteiger partial charge on any atom is -0.208 e. The Morgan fingerprint density at radius 1 is 0.261 bits per heavy atom. The van der Waals surface area contributed by atoms with Crippen LogP contribution in [0.4, 0.5) is 0 Å². The smallest absolute Gasteiger partial charge is 0.164 e. The van der Waals surface area contributed by atoms with Crippen molar-refractivity contribution in [1.82, 2.24) is 15.0 Å². The summed E-state index contributed by atoms with van der Waals surface area (Å²) in [7, 11) is 0. The molecule has 0 saturated carbocycles. The van der Waals surface area contributed by atoms with Gasteiger partial charge in [0.25, 0.3) is 0 Å². The first-order valence-electron chi connectivity index (χ1n) is 15.4. The summed E-state index contributed by atoms with van der Waals surface area (Å²) in [5.41, 5.74) is 9.78. The van der Waals surface area contributed by atoms with Crippen molar-refractivity contribution in [1.29, 1.82) is 0 Å². The predicted molar refractivity (Wildman–Crippen MR) is 190 cm³/mol. The van der Waals surface area contributed by atoms with E-state index in [0.717, 1.165) is 33.4 Å². The number of benzene rings is 7. The molecule has 0 radical (unpaired) electrons. The van der Waals surface area contributed by atoms with Crippen LogP contribution in [-0.2, 0) is 0 Å². The van der Waals surface area contributed by atoms with Gasteiger partial charge in [-0.15, -0.1) is 0 Å². The zero-order valence-corrected chi connectivity index (χ0v) is 25.1. The van der Waals surface area contributed by atoms with Crippen molar-refractivity contribution in [2.45, 2.75) is 0 Å². The predicted octanol–water partition coefficient (Wildman–Crippen LogP) is 11.0. The molecule has 0 fully saturated rings. The first-order chi connectivity index (χ1) is 22.8. The zero-order chi connectivity index (χ0) is 30.7. The van der Waals surface area contributed by atoms with Crippen LogP contribution in [0.2, 0.25) is 0 Å². The van der Waals surface area contributed by atoms with Crippen molar-refractivity contribution in [3.05, 3.63) is 176 Å². The Bertz CT molecular complexity index is 2170. The van der Waals surface area contributed by atoms with Crippen LogP contribution in [0.1, 0.15) is 0 Å². The minimum atomic E-state index is 0.640. The molecule has 0 aliphatic carbocycles. The average molecular weight is 588 g/mol. The maximum absolute atomic E-state index is 5.04. The Labute approximate surface area is 268 Å². The molecule has 0 atom stereocenters. The number of aromatic nitrogens is 3. The summed E-state index contributed by atoms with van der Waals surface area (Å²) in [6.07, 6.45) is 0. The molecule has 3 nitrogen and oxygen atoms in total. The van der Waals surface area contributed by atoms with Crippen LogP contribution in [0.15, 0.2) is 176 Å². The van der Waals surface area contributed by atoms with Gasteiger partial charge in [-0.05, 0) is 50.2 Å². The first-order valence-corrected chi connectivity index (χ1v) is 15.4. The van der Waals surface area contributed by atoms with Gasteiger partial charge in [0.15, 0.2) is 17.5 Å². The summed E-state index contributed by atoms with van der Waals surface area (Å²) in [6.45, 7) is 0. The van der Waals surface area contributed by atoms with Crippen LogP contribution in [-0.4, -0.2) is 15.0 Å². The first kappa shape index (κ1) is 27.4. The lowest BCUT2D eigenvalue weighted by molar-refractivity contribution is 1.07. The molecule has 1 aromatic heterocycles. The fraction of sp³-hybridized carbons (Fsp3) is 0. The van der Waals surface area contributed by atoms with E-state index in [1.165, 1.54) is 27.5 Å². The van der Waals surface area contributed by atoms with E-state index in [9.17, 15) is 0 Å². The van der Waals surface area contributed by atoms with E-state index in [-0.39, 0.29) is 0 Å². The molecule has 0 aliphatic heterocycles. The van der Waals surface area contributed by atoms with E-state index < -0.39 is 0 Å². The summed E-state index contributed by atoms with van der Waals surface area (Å²) in [5.74, 6) is 1.92. The number of hydrogen-bond acceptors (Lipinski definition) is 3. The Hall–Kier alpha value is -6.19. The van der Waals surface area contributed by atoms with Gasteiger partial charge in [0, 0.05) is 16.7 Å². The number of hydrogen-bond donors (Lipinski definition) is 0. The highest BCUT2D eigenvalue weighted by Gasteiger charge is 2.14. The normalized spacial score (nSPS) is 11.0. The molecular weight excluding hydrogens is 558 g/mol. The SMILES string of the molecule is c1ccc(-c2ccc(-c3nc(-c4ccc(-c5ccccc5)cc4)nc(-c4cccc(-c5cccc6ccccc56)c4)n3)cc2)cc1. The lowest BCUT2D eigenvalue weighted by atomic mass is 9.97. The highest BCUT2D eigenvalue weighted by Crippen LogP contribution is 2.33. The lowest BCUT2D eigenvalue weighted by Gasteiger charge is -2.11. The van der Waals surface area contributed by atoms with Gasteiger partial charge < -0.3 is 0 Å². The molecule has 7 aromatic carbocycles. The van der Waals surface area contributed by atoms with Crippen LogP contribution in [0, 0.1) is 0 Å². The molecule has 0 bridgehead atoms. The van der Waals surface area contributed by atoms with E-state index >= 15 is 0 Å². The fourth-order valence-electron chi connectivity index (χ4n) is 5.95. The largest absolute Gasteiger partial charge is 0.208 e. The van der Waals surface area contributed by atoms with Crippen molar-refractivity contribution >= 4 is 10.8 Å². The Balaban J connectivity index is 1.23. The molecule has 8 rings (SSSR count). The van der Waals surface area contributed by atoms with Gasteiger partial charge in [-0.1, -0.05) is 170 Å². The van der Waals surface area contributed by atoms with E-state index in [0.29, 0.717) is 17.5 Å². The van der Waals surface area contributed by atoms with Crippen LogP contribution in [0.5, 0.6) is 0 Å². The van der Waals surface area contributed by atoms with Crippen molar-refractivity contribution in [3.63, 3.8) is 0 Å². The molecule has 3 heteroatoms. The van der Waals surface area contributed by atoms with Gasteiger partial charge in [0.05, 0.1) is 0 Å². The summed E-state index contributed by atoms with van der Waals surface area (Å²) in [6, 6.07) is 61.1. The van der Waals surface area contributed by atoms with Crippen LogP contribution < -0.4 is 0 Å². The van der Waals surface area contributed by atoms with E-state index in [1.807, 2.05) is 12.1 Å². The van der Waals surface area contributed by atoms with Gasteiger partial charge >= 0.3 is 0 Å². The molecule has 0 spiro atoms. The average Bonchev–Trinajstić information content (AvgIpc) is 3.15. The van der Waals surface area contributed by atoms with E-state index in [2.05, 4.69) is 164 Å². The Morgan fingerprint density at radius 2 is 0.652 bits per heavy atom. The van der Waals surface area contributed by atoms with Gasteiger partial charge in [-0.2, -0.15) is 0 Å². The van der Waals surface area contributed by atoms with Crippen molar-refractivity contribution in [2.24, 2.45) is 0 Å². The molecule has 8 aromatic rings. The quantitative estimate of drug-likeness (QED) is 0.194. The second-order valence-corrected chi connectivity index (χ2v) is 11.3. The molecule has 0 aliphatic rings. The van der Waals surface area contributed by atoms with E-state index in [1.54, 1.807) is 0 Å². The second kappa shape index (κ2) is 12.1. The van der Waals surface area contributed by atoms with Crippen molar-refractivity contribution in [3.8, 4) is 67.5 Å². The van der Waals surface area contributed by atoms with Crippen LogP contribution >= 0.6 is 0 Å². The molecule has 216 valence electrons. The van der Waals surface area contributed by atoms with Crippen molar-refractivity contribution < 1.29 is 0 Å². The summed E-state index contributed by atoms with van der Waals surface area (Å²) in [4.78, 5) is 15.1. The summed E-state index contributed by atoms with van der Waals surface area (Å²) < 4.78 is 0. The number of nitrogens with zero attached hydrogens (tertiary/aromatic N) is 3. The van der Waals surface area contributed by atoms with Gasteiger partial charge in [0.2, 0.25) is 0 Å². The maximum Gasteiger partial charge on any atom is 0.164 e. The topological polar surface area (TPSA) is 38.7 Å². The third kappa shape index (κ3) is 5.47. The standard InChI is InChI=1S/C43H29N3/c1-3-11-30(12-4-1)32-21-25-35(26-22-32)41-44-42(36-27-23-33(24-28-36)31-13-5-2-6-14-31)46-43(45-41)38-18-9-17-37(29-38)40-20-10-16-34-15-7-8-19-39(34)40/h1-29H.